The monoisotopic (exact) mass is 246 g/mol. The molecule has 1 heterocycles. The summed E-state index contributed by atoms with van der Waals surface area (Å²) in [6, 6.07) is 8.84. The first-order valence-electron chi connectivity index (χ1n) is 5.10. The van der Waals surface area contributed by atoms with E-state index in [0.29, 0.717) is 5.56 Å². The summed E-state index contributed by atoms with van der Waals surface area (Å²) in [6.45, 7) is 0. The fourth-order valence-corrected chi connectivity index (χ4v) is 1.66. The smallest absolute Gasteiger partial charge is 0.282 e. The van der Waals surface area contributed by atoms with E-state index < -0.39 is 17.4 Å². The van der Waals surface area contributed by atoms with Crippen LogP contribution < -0.4 is 5.32 Å². The summed E-state index contributed by atoms with van der Waals surface area (Å²) < 4.78 is 5.14. The maximum absolute atomic E-state index is 11.8. The molecule has 1 amide bonds. The van der Waals surface area contributed by atoms with Crippen LogP contribution in [0.4, 0.5) is 0 Å². The Morgan fingerprint density at radius 2 is 1.94 bits per heavy atom. The quantitative estimate of drug-likeness (QED) is 0.345. The number of carbonyl (C=O) groups is 2. The van der Waals surface area contributed by atoms with Crippen LogP contribution in [0.25, 0.3) is 5.76 Å². The van der Waals surface area contributed by atoms with Crippen LogP contribution in [-0.2, 0) is 14.3 Å². The Kier molecular flexibility index (Phi) is 3.09. The fourth-order valence-electron chi connectivity index (χ4n) is 1.66. The van der Waals surface area contributed by atoms with Gasteiger partial charge in [0, 0.05) is 5.56 Å². The van der Waals surface area contributed by atoms with Gasteiger partial charge < -0.3 is 15.3 Å². The molecule has 1 aliphatic heterocycles. The number of Topliss-reactive ketones (excluding diaryl/α,β-unsaturated/α-hetero) is 1. The van der Waals surface area contributed by atoms with Crippen LogP contribution in [0.5, 0.6) is 0 Å². The van der Waals surface area contributed by atoms with Gasteiger partial charge >= 0.3 is 0 Å². The molecule has 1 aromatic rings. The Hall–Kier alpha value is -2.63. The topological polar surface area (TPSA) is 88.0 Å². The first-order chi connectivity index (χ1) is 8.69. The molecule has 0 atom stereocenters. The van der Waals surface area contributed by atoms with Gasteiger partial charge in [-0.2, -0.15) is 0 Å². The normalized spacial score (nSPS) is 19.9. The Bertz CT molecular complexity index is 561. The highest BCUT2D eigenvalue weighted by atomic mass is 16.5. The molecule has 0 bridgehead atoms. The van der Waals surface area contributed by atoms with Crippen molar-refractivity contribution in [2.24, 2.45) is 5.16 Å². The minimum absolute atomic E-state index is 0.0264. The van der Waals surface area contributed by atoms with Crippen molar-refractivity contribution in [1.29, 1.82) is 0 Å². The number of ether oxygens (including phenoxy) is 1. The molecular formula is C12H10N2O4. The predicted octanol–water partition coefficient (Wildman–Crippen LogP) is 0.531. The van der Waals surface area contributed by atoms with Gasteiger partial charge in [-0.15, -0.1) is 0 Å². The zero-order valence-electron chi connectivity index (χ0n) is 9.51. The van der Waals surface area contributed by atoms with Crippen LogP contribution in [0.1, 0.15) is 5.56 Å². The van der Waals surface area contributed by atoms with E-state index in [4.69, 9.17) is 9.94 Å². The van der Waals surface area contributed by atoms with Gasteiger partial charge in [-0.25, -0.2) is 0 Å². The van der Waals surface area contributed by atoms with Crippen LogP contribution in [-0.4, -0.2) is 29.7 Å². The van der Waals surface area contributed by atoms with Gasteiger partial charge in [-0.05, 0) is 0 Å². The molecular weight excluding hydrogens is 236 g/mol. The van der Waals surface area contributed by atoms with Crippen molar-refractivity contribution in [3.8, 4) is 0 Å². The number of hydrogen-bond donors (Lipinski definition) is 2. The first kappa shape index (κ1) is 11.8. The van der Waals surface area contributed by atoms with Gasteiger partial charge in [0.15, 0.2) is 5.76 Å². The number of oxime groups is 1. The predicted molar refractivity (Wildman–Crippen MR) is 62.7 cm³/mol. The van der Waals surface area contributed by atoms with Crippen molar-refractivity contribution in [3.63, 3.8) is 0 Å². The molecule has 0 radical (unpaired) electrons. The number of nitrogens with one attached hydrogen (secondary N) is 1. The molecule has 2 N–H and O–H groups in total. The number of carbonyl (C=O) groups excluding carboxylic acids is 2. The van der Waals surface area contributed by atoms with E-state index in [1.807, 2.05) is 6.07 Å². The van der Waals surface area contributed by atoms with Crippen molar-refractivity contribution in [3.05, 3.63) is 41.6 Å². The van der Waals surface area contributed by atoms with Crippen molar-refractivity contribution < 1.29 is 19.5 Å². The number of allylic oxidation sites excluding steroid dienone is 1. The highest BCUT2D eigenvalue weighted by molar-refractivity contribution is 6.73. The number of methoxy groups -OCH3 is 1. The summed E-state index contributed by atoms with van der Waals surface area (Å²) in [7, 11) is 1.39. The molecule has 1 saturated heterocycles. The number of hydrogen-bond acceptors (Lipinski definition) is 5. The average Bonchev–Trinajstić information content (AvgIpc) is 2.67. The number of nitrogens with zero attached hydrogens (tertiary/aromatic N) is 1. The number of amides is 1. The summed E-state index contributed by atoms with van der Waals surface area (Å²) in [4.78, 5) is 23.2. The number of benzene rings is 1. The second-order valence-corrected chi connectivity index (χ2v) is 3.51. The Balaban J connectivity index is 2.53. The highest BCUT2D eigenvalue weighted by Gasteiger charge is 2.36. The van der Waals surface area contributed by atoms with E-state index in [1.165, 1.54) is 7.11 Å². The third kappa shape index (κ3) is 1.84. The van der Waals surface area contributed by atoms with E-state index >= 15 is 0 Å². The van der Waals surface area contributed by atoms with E-state index in [0.717, 1.165) is 0 Å². The standard InChI is InChI=1S/C12H10N2O4/c1-18-11(7-5-3-2-4-6-7)8-10(15)9(14-17)12(16)13-8/h2-6,17H,1H3,(H,13,16)/b11-8+,14-9-. The Morgan fingerprint density at radius 1 is 1.28 bits per heavy atom. The molecule has 1 aliphatic rings. The molecule has 0 spiro atoms. The maximum atomic E-state index is 11.8. The molecule has 6 heteroatoms. The molecule has 92 valence electrons. The molecule has 0 unspecified atom stereocenters. The largest absolute Gasteiger partial charge is 0.494 e. The number of rotatable bonds is 2. The van der Waals surface area contributed by atoms with E-state index in [2.05, 4.69) is 10.5 Å². The van der Waals surface area contributed by atoms with E-state index in [9.17, 15) is 9.59 Å². The lowest BCUT2D eigenvalue weighted by Crippen LogP contribution is -2.19. The second kappa shape index (κ2) is 4.70. The van der Waals surface area contributed by atoms with Gasteiger partial charge in [-0.3, -0.25) is 9.59 Å². The fraction of sp³-hybridized carbons (Fsp3) is 0.0833. The van der Waals surface area contributed by atoms with E-state index in [-0.39, 0.29) is 11.5 Å². The molecule has 0 aromatic heterocycles. The summed E-state index contributed by atoms with van der Waals surface area (Å²) in [6.07, 6.45) is 0. The Morgan fingerprint density at radius 3 is 2.44 bits per heavy atom. The zero-order valence-corrected chi connectivity index (χ0v) is 9.51. The van der Waals surface area contributed by atoms with Crippen LogP contribution >= 0.6 is 0 Å². The Labute approximate surface area is 103 Å². The second-order valence-electron chi connectivity index (χ2n) is 3.51. The lowest BCUT2D eigenvalue weighted by molar-refractivity contribution is -0.113. The molecule has 1 aromatic carbocycles. The third-order valence-corrected chi connectivity index (χ3v) is 2.46. The lowest BCUT2D eigenvalue weighted by atomic mass is 10.1. The van der Waals surface area contributed by atoms with Crippen LogP contribution in [0.3, 0.4) is 0 Å². The number of ketones is 1. The van der Waals surface area contributed by atoms with Gasteiger partial charge in [0.05, 0.1) is 7.11 Å². The lowest BCUT2D eigenvalue weighted by Gasteiger charge is -2.08. The van der Waals surface area contributed by atoms with Gasteiger partial charge in [0.1, 0.15) is 5.70 Å². The molecule has 18 heavy (non-hydrogen) atoms. The molecule has 6 nitrogen and oxygen atoms in total. The minimum atomic E-state index is -0.747. The first-order valence-corrected chi connectivity index (χ1v) is 5.10. The SMILES string of the molecule is CO/C(=C1/NC(=O)/C(=N\O)C1=O)c1ccccc1. The highest BCUT2D eigenvalue weighted by Crippen LogP contribution is 2.21. The summed E-state index contributed by atoms with van der Waals surface area (Å²) in [5.41, 5.74) is 0.0693. The van der Waals surface area contributed by atoms with E-state index in [1.54, 1.807) is 24.3 Å². The molecule has 1 fully saturated rings. The summed E-state index contributed by atoms with van der Waals surface area (Å²) in [5, 5.41) is 13.6. The molecule has 0 saturated carbocycles. The summed E-state index contributed by atoms with van der Waals surface area (Å²) in [5.74, 6) is -1.21. The molecule has 0 aliphatic carbocycles. The van der Waals surface area contributed by atoms with Crippen molar-refractivity contribution in [2.75, 3.05) is 7.11 Å². The third-order valence-electron chi connectivity index (χ3n) is 2.46. The maximum Gasteiger partial charge on any atom is 0.282 e. The summed E-state index contributed by atoms with van der Waals surface area (Å²) >= 11 is 0. The van der Waals surface area contributed by atoms with Crippen LogP contribution in [0.2, 0.25) is 0 Å². The van der Waals surface area contributed by atoms with Gasteiger partial charge in [0.2, 0.25) is 11.5 Å². The van der Waals surface area contributed by atoms with Gasteiger partial charge in [0.25, 0.3) is 5.91 Å². The zero-order chi connectivity index (χ0) is 13.1. The van der Waals surface area contributed by atoms with Crippen LogP contribution in [0.15, 0.2) is 41.2 Å². The minimum Gasteiger partial charge on any atom is -0.494 e. The van der Waals surface area contributed by atoms with Crippen LogP contribution in [0, 0.1) is 0 Å². The molecule has 2 rings (SSSR count). The van der Waals surface area contributed by atoms with Crippen molar-refractivity contribution >= 4 is 23.2 Å². The average molecular weight is 246 g/mol. The van der Waals surface area contributed by atoms with Gasteiger partial charge in [-0.1, -0.05) is 35.5 Å². The van der Waals surface area contributed by atoms with Crippen molar-refractivity contribution in [2.45, 2.75) is 0 Å². The van der Waals surface area contributed by atoms with Crippen molar-refractivity contribution in [1.82, 2.24) is 5.32 Å².